The number of allylic oxidation sites excluding steroid dienone is 1. The van der Waals surface area contributed by atoms with Gasteiger partial charge in [0.25, 0.3) is 5.56 Å². The van der Waals surface area contributed by atoms with Crippen LogP contribution in [0.25, 0.3) is 6.08 Å². The largest absolute Gasteiger partial charge is 0.416 e. The highest BCUT2D eigenvalue weighted by Crippen LogP contribution is 2.36. The summed E-state index contributed by atoms with van der Waals surface area (Å²) in [5.41, 5.74) is 0.286. The van der Waals surface area contributed by atoms with Gasteiger partial charge >= 0.3 is 6.18 Å². The molecule has 0 saturated carbocycles. The predicted molar refractivity (Wildman–Crippen MR) is 101 cm³/mol. The first-order valence-electron chi connectivity index (χ1n) is 8.97. The van der Waals surface area contributed by atoms with Gasteiger partial charge in [0.15, 0.2) is 0 Å². The summed E-state index contributed by atoms with van der Waals surface area (Å²) in [6.07, 6.45) is 4.25. The zero-order chi connectivity index (χ0) is 20.6. The summed E-state index contributed by atoms with van der Waals surface area (Å²) in [6, 6.07) is 6.75. The number of alkyl halides is 3. The molecule has 0 spiro atoms. The Morgan fingerprint density at radius 2 is 1.79 bits per heavy atom. The maximum atomic E-state index is 13.0. The molecule has 4 rings (SSSR count). The molecular formula is C21H17F3N4O. The molecule has 1 atom stereocenters. The van der Waals surface area contributed by atoms with E-state index >= 15 is 0 Å². The second-order valence-corrected chi connectivity index (χ2v) is 7.21. The van der Waals surface area contributed by atoms with Crippen molar-refractivity contribution in [2.45, 2.75) is 31.5 Å². The van der Waals surface area contributed by atoms with Crippen LogP contribution < -0.4 is 5.56 Å². The average Bonchev–Trinajstić information content (AvgIpc) is 2.71. The van der Waals surface area contributed by atoms with Gasteiger partial charge in [-0.25, -0.2) is 15.0 Å². The first kappa shape index (κ1) is 19.0. The molecule has 5 nitrogen and oxygen atoms in total. The van der Waals surface area contributed by atoms with E-state index < -0.39 is 17.2 Å². The molecule has 1 aliphatic rings. The smallest absolute Gasteiger partial charge is 0.291 e. The van der Waals surface area contributed by atoms with E-state index in [2.05, 4.69) is 15.0 Å². The van der Waals surface area contributed by atoms with Gasteiger partial charge in [0.05, 0.1) is 24.1 Å². The fourth-order valence-corrected chi connectivity index (χ4v) is 3.46. The highest BCUT2D eigenvalue weighted by atomic mass is 19.4. The Morgan fingerprint density at radius 3 is 2.45 bits per heavy atom. The van der Waals surface area contributed by atoms with Gasteiger partial charge in [0.1, 0.15) is 5.82 Å². The van der Waals surface area contributed by atoms with Gasteiger partial charge in [0, 0.05) is 23.4 Å². The maximum absolute atomic E-state index is 13.0. The number of rotatable bonds is 3. The zero-order valence-corrected chi connectivity index (χ0v) is 15.5. The number of aromatic nitrogens is 4. The minimum atomic E-state index is -4.38. The Balaban J connectivity index is 1.67. The summed E-state index contributed by atoms with van der Waals surface area (Å²) in [5.74, 6) is 0.494. The molecule has 0 fully saturated rings. The van der Waals surface area contributed by atoms with Gasteiger partial charge in [-0.05, 0) is 36.3 Å². The fraction of sp³-hybridized carbons (Fsp3) is 0.238. The molecule has 1 aromatic carbocycles. The van der Waals surface area contributed by atoms with Crippen molar-refractivity contribution in [2.24, 2.45) is 0 Å². The molecule has 148 valence electrons. The van der Waals surface area contributed by atoms with Crippen molar-refractivity contribution in [3.05, 3.63) is 93.7 Å². The molecule has 8 heteroatoms. The Hall–Kier alpha value is -3.29. The first-order valence-corrected chi connectivity index (χ1v) is 8.97. The zero-order valence-electron chi connectivity index (χ0n) is 15.5. The first-order chi connectivity index (χ1) is 13.8. The molecule has 2 aromatic heterocycles. The lowest BCUT2D eigenvalue weighted by molar-refractivity contribution is -0.137. The summed E-state index contributed by atoms with van der Waals surface area (Å²) in [6.45, 7) is 2.09. The number of hydrogen-bond donors (Lipinski definition) is 0. The van der Waals surface area contributed by atoms with E-state index in [9.17, 15) is 18.0 Å². The van der Waals surface area contributed by atoms with E-state index in [4.69, 9.17) is 0 Å². The van der Waals surface area contributed by atoms with Crippen LogP contribution in [0.2, 0.25) is 0 Å². The molecule has 1 unspecified atom stereocenters. The minimum absolute atomic E-state index is 0.195. The third-order valence-corrected chi connectivity index (χ3v) is 5.12. The summed E-state index contributed by atoms with van der Waals surface area (Å²) in [5, 5.41) is 0. The van der Waals surface area contributed by atoms with Crippen molar-refractivity contribution in [3.63, 3.8) is 0 Å². The quantitative estimate of drug-likeness (QED) is 0.676. The minimum Gasteiger partial charge on any atom is -0.291 e. The third-order valence-electron chi connectivity index (χ3n) is 5.12. The van der Waals surface area contributed by atoms with Gasteiger partial charge in [-0.3, -0.25) is 9.36 Å². The standard InChI is InChI=1S/C21H17F3N4O/c1-20(14-3-5-15(6-4-14)21(22,23)24)8-7-17-16(11-20)19(29)28(13-27-17)12-18-25-9-2-10-26-18/h2-10,13H,11-12H2,1H3. The molecule has 0 bridgehead atoms. The lowest BCUT2D eigenvalue weighted by Gasteiger charge is -2.30. The van der Waals surface area contributed by atoms with Crippen LogP contribution in [0, 0.1) is 0 Å². The topological polar surface area (TPSA) is 60.7 Å². The lowest BCUT2D eigenvalue weighted by atomic mass is 9.74. The molecule has 3 aromatic rings. The highest BCUT2D eigenvalue weighted by Gasteiger charge is 2.33. The van der Waals surface area contributed by atoms with Gasteiger partial charge in [0.2, 0.25) is 0 Å². The molecule has 29 heavy (non-hydrogen) atoms. The van der Waals surface area contributed by atoms with Gasteiger partial charge < -0.3 is 0 Å². The molecule has 0 N–H and O–H groups in total. The van der Waals surface area contributed by atoms with Crippen molar-refractivity contribution in [1.82, 2.24) is 19.5 Å². The molecular weight excluding hydrogens is 381 g/mol. The van der Waals surface area contributed by atoms with Crippen molar-refractivity contribution in [1.29, 1.82) is 0 Å². The van der Waals surface area contributed by atoms with E-state index in [0.29, 0.717) is 29.1 Å². The SMILES string of the molecule is CC1(c2ccc(C(F)(F)F)cc2)C=Cc2ncn(Cc3ncccn3)c(=O)c2C1. The van der Waals surface area contributed by atoms with Crippen molar-refractivity contribution in [2.75, 3.05) is 0 Å². The number of hydrogen-bond acceptors (Lipinski definition) is 4. The molecule has 2 heterocycles. The molecule has 1 aliphatic carbocycles. The van der Waals surface area contributed by atoms with Gasteiger partial charge in [-0.1, -0.05) is 25.1 Å². The van der Waals surface area contributed by atoms with Crippen LogP contribution in [0.5, 0.6) is 0 Å². The second kappa shape index (κ2) is 6.95. The van der Waals surface area contributed by atoms with Crippen LogP contribution in [0.1, 0.15) is 35.1 Å². The molecule has 0 saturated heterocycles. The molecule has 0 radical (unpaired) electrons. The number of halogens is 3. The van der Waals surface area contributed by atoms with E-state index in [1.807, 2.05) is 13.0 Å². The van der Waals surface area contributed by atoms with Crippen LogP contribution in [0.15, 0.2) is 59.9 Å². The Bertz CT molecular complexity index is 1120. The van der Waals surface area contributed by atoms with Crippen molar-refractivity contribution in [3.8, 4) is 0 Å². The summed E-state index contributed by atoms with van der Waals surface area (Å²) in [4.78, 5) is 25.6. The number of fused-ring (bicyclic) bond motifs is 1. The van der Waals surface area contributed by atoms with Crippen LogP contribution in [0.3, 0.4) is 0 Å². The third kappa shape index (κ3) is 3.70. The Morgan fingerprint density at radius 1 is 1.10 bits per heavy atom. The maximum Gasteiger partial charge on any atom is 0.416 e. The fourth-order valence-electron chi connectivity index (χ4n) is 3.46. The Kier molecular flexibility index (Phi) is 4.56. The van der Waals surface area contributed by atoms with E-state index in [1.54, 1.807) is 24.5 Å². The molecule has 0 aliphatic heterocycles. The highest BCUT2D eigenvalue weighted by molar-refractivity contribution is 5.57. The number of nitrogens with zero attached hydrogens (tertiary/aromatic N) is 4. The average molecular weight is 398 g/mol. The second-order valence-electron chi connectivity index (χ2n) is 7.21. The monoisotopic (exact) mass is 398 g/mol. The normalized spacial score (nSPS) is 18.5. The van der Waals surface area contributed by atoms with Crippen molar-refractivity contribution >= 4 is 6.08 Å². The molecule has 0 amide bonds. The Labute approximate surface area is 164 Å². The lowest BCUT2D eigenvalue weighted by Crippen LogP contribution is -2.34. The summed E-state index contributed by atoms with van der Waals surface area (Å²) >= 11 is 0. The number of benzene rings is 1. The van der Waals surface area contributed by atoms with Crippen LogP contribution in [-0.4, -0.2) is 19.5 Å². The summed E-state index contributed by atoms with van der Waals surface area (Å²) < 4.78 is 40.0. The van der Waals surface area contributed by atoms with Gasteiger partial charge in [-0.15, -0.1) is 0 Å². The van der Waals surface area contributed by atoms with E-state index in [1.165, 1.54) is 23.0 Å². The van der Waals surface area contributed by atoms with Crippen molar-refractivity contribution < 1.29 is 13.2 Å². The summed E-state index contributed by atoms with van der Waals surface area (Å²) in [7, 11) is 0. The van der Waals surface area contributed by atoms with Crippen LogP contribution >= 0.6 is 0 Å². The predicted octanol–water partition coefficient (Wildman–Crippen LogP) is 3.63. The van der Waals surface area contributed by atoms with E-state index in [0.717, 1.165) is 12.1 Å². The van der Waals surface area contributed by atoms with Crippen LogP contribution in [-0.2, 0) is 24.6 Å². The van der Waals surface area contributed by atoms with Crippen LogP contribution in [0.4, 0.5) is 13.2 Å². The van der Waals surface area contributed by atoms with Gasteiger partial charge in [-0.2, -0.15) is 13.2 Å². The van der Waals surface area contributed by atoms with E-state index in [-0.39, 0.29) is 12.1 Å².